The summed E-state index contributed by atoms with van der Waals surface area (Å²) in [4.78, 5) is 22.4. The minimum atomic E-state index is -0.671. The molecule has 1 amide bonds. The Hall–Kier alpha value is -1.34. The molecule has 22 heavy (non-hydrogen) atoms. The third-order valence-electron chi connectivity index (χ3n) is 3.13. The van der Waals surface area contributed by atoms with Crippen LogP contribution in [-0.4, -0.2) is 50.7 Å². The molecule has 0 N–H and O–H groups in total. The first-order valence-corrected chi connectivity index (χ1v) is 8.23. The van der Waals surface area contributed by atoms with Crippen molar-refractivity contribution in [1.82, 2.24) is 14.9 Å². The molecule has 0 aliphatic carbocycles. The predicted molar refractivity (Wildman–Crippen MR) is 84.6 cm³/mol. The number of thioether (sulfide) groups is 1. The highest BCUT2D eigenvalue weighted by atomic mass is 32.2. The average molecular weight is 325 g/mol. The fourth-order valence-electron chi connectivity index (χ4n) is 2.23. The molecular weight excluding hydrogens is 302 g/mol. The summed E-state index contributed by atoms with van der Waals surface area (Å²) in [6, 6.07) is -0.0585. The fraction of sp³-hybridized carbons (Fsp3) is 0.667. The van der Waals surface area contributed by atoms with E-state index in [-0.39, 0.29) is 12.1 Å². The highest BCUT2D eigenvalue weighted by Crippen LogP contribution is 2.32. The maximum Gasteiger partial charge on any atom is 0.412 e. The Morgan fingerprint density at radius 1 is 1.50 bits per heavy atom. The van der Waals surface area contributed by atoms with Gasteiger partial charge in [-0.05, 0) is 34.6 Å². The van der Waals surface area contributed by atoms with E-state index in [1.165, 1.54) is 0 Å². The number of carbonyl (C=O) groups is 1. The van der Waals surface area contributed by atoms with Crippen molar-refractivity contribution in [1.29, 1.82) is 0 Å². The average Bonchev–Trinajstić information content (AvgIpc) is 2.71. The molecule has 2 rings (SSSR count). The summed E-state index contributed by atoms with van der Waals surface area (Å²) in [6.07, 6.45) is 4.66. The quantitative estimate of drug-likeness (QED) is 0.796. The summed E-state index contributed by atoms with van der Waals surface area (Å²) >= 11 is 1.55. The molecule has 1 aliphatic rings. The van der Waals surface area contributed by atoms with Gasteiger partial charge in [0.05, 0.1) is 18.8 Å². The van der Waals surface area contributed by atoms with Gasteiger partial charge in [-0.15, -0.1) is 11.8 Å². The largest absolute Gasteiger partial charge is 0.444 e. The number of nitrogens with zero attached hydrogens (tertiary/aromatic N) is 3. The van der Waals surface area contributed by atoms with Crippen molar-refractivity contribution >= 4 is 17.9 Å². The van der Waals surface area contributed by atoms with Crippen molar-refractivity contribution in [3.8, 4) is 0 Å². The van der Waals surface area contributed by atoms with Gasteiger partial charge in [0.1, 0.15) is 16.4 Å². The van der Waals surface area contributed by atoms with E-state index in [4.69, 9.17) is 9.47 Å². The Balaban J connectivity index is 2.04. The maximum atomic E-state index is 12.5. The molecule has 1 aliphatic heterocycles. The molecule has 0 aromatic carbocycles. The van der Waals surface area contributed by atoms with Crippen LogP contribution in [0.3, 0.4) is 0 Å². The second-order valence-electron chi connectivity index (χ2n) is 6.62. The molecule has 1 atom stereocenters. The van der Waals surface area contributed by atoms with Gasteiger partial charge in [0, 0.05) is 18.1 Å². The molecule has 6 nitrogen and oxygen atoms in total. The Kier molecular flexibility index (Phi) is 4.97. The summed E-state index contributed by atoms with van der Waals surface area (Å²) < 4.78 is 11.3. The van der Waals surface area contributed by atoms with Gasteiger partial charge in [-0.2, -0.15) is 0 Å². The number of rotatable bonds is 3. The third-order valence-corrected chi connectivity index (χ3v) is 4.19. The number of hydrogen-bond acceptors (Lipinski definition) is 6. The number of hydrogen-bond donors (Lipinski definition) is 0. The van der Waals surface area contributed by atoms with Crippen molar-refractivity contribution in [2.24, 2.45) is 0 Å². The van der Waals surface area contributed by atoms with Gasteiger partial charge in [-0.25, -0.2) is 9.78 Å². The van der Waals surface area contributed by atoms with Gasteiger partial charge in [0.15, 0.2) is 0 Å². The van der Waals surface area contributed by atoms with Crippen molar-refractivity contribution < 1.29 is 14.3 Å². The number of amides is 1. The first-order chi connectivity index (χ1) is 10.2. The van der Waals surface area contributed by atoms with Gasteiger partial charge in [-0.1, -0.05) is 0 Å². The first-order valence-electron chi connectivity index (χ1n) is 7.24. The van der Waals surface area contributed by atoms with Gasteiger partial charge >= 0.3 is 6.09 Å². The van der Waals surface area contributed by atoms with Crippen LogP contribution in [0.5, 0.6) is 0 Å². The molecule has 1 fully saturated rings. The number of aromatic nitrogens is 2. The second kappa shape index (κ2) is 6.42. The Labute approximate surface area is 135 Å². The summed E-state index contributed by atoms with van der Waals surface area (Å²) in [5.74, 6) is 0.682. The van der Waals surface area contributed by atoms with Crippen LogP contribution < -0.4 is 0 Å². The standard InChI is InChI=1S/C15H23N3O3S/c1-14(2,3)21-13(19)18-11(9-20-15(18,4)5)10-22-12-8-16-6-7-17-12/h6-8,11H,9-10H2,1-5H3. The van der Waals surface area contributed by atoms with E-state index in [9.17, 15) is 4.79 Å². The van der Waals surface area contributed by atoms with Crippen LogP contribution >= 0.6 is 11.8 Å². The Morgan fingerprint density at radius 2 is 2.23 bits per heavy atom. The molecular formula is C15H23N3O3S. The monoisotopic (exact) mass is 325 g/mol. The zero-order valence-corrected chi connectivity index (χ0v) is 14.5. The normalized spacial score (nSPS) is 21.0. The minimum Gasteiger partial charge on any atom is -0.444 e. The zero-order valence-electron chi connectivity index (χ0n) is 13.7. The molecule has 1 aromatic heterocycles. The highest BCUT2D eigenvalue weighted by molar-refractivity contribution is 7.99. The molecule has 0 radical (unpaired) electrons. The topological polar surface area (TPSA) is 64.5 Å². The zero-order chi connectivity index (χ0) is 16.4. The van der Waals surface area contributed by atoms with E-state index in [1.807, 2.05) is 34.6 Å². The van der Waals surface area contributed by atoms with E-state index >= 15 is 0 Å². The van der Waals surface area contributed by atoms with Crippen LogP contribution in [0.1, 0.15) is 34.6 Å². The van der Waals surface area contributed by atoms with Crippen LogP contribution in [0.15, 0.2) is 23.6 Å². The predicted octanol–water partition coefficient (Wildman–Crippen LogP) is 2.94. The number of ether oxygens (including phenoxy) is 2. The van der Waals surface area contributed by atoms with E-state index in [1.54, 1.807) is 35.3 Å². The lowest BCUT2D eigenvalue weighted by Crippen LogP contribution is -2.50. The maximum absolute atomic E-state index is 12.5. The molecule has 122 valence electrons. The molecule has 0 spiro atoms. The lowest BCUT2D eigenvalue weighted by Gasteiger charge is -2.35. The molecule has 0 saturated carbocycles. The lowest BCUT2D eigenvalue weighted by molar-refractivity contribution is -0.0617. The number of carbonyl (C=O) groups excluding carboxylic acids is 1. The van der Waals surface area contributed by atoms with Crippen LogP contribution in [0.4, 0.5) is 4.79 Å². The van der Waals surface area contributed by atoms with E-state index in [2.05, 4.69) is 9.97 Å². The van der Waals surface area contributed by atoms with Crippen molar-refractivity contribution in [3.05, 3.63) is 18.6 Å². The molecule has 2 heterocycles. The van der Waals surface area contributed by atoms with E-state index in [0.29, 0.717) is 12.4 Å². The molecule has 0 bridgehead atoms. The molecule has 7 heteroatoms. The van der Waals surface area contributed by atoms with Crippen LogP contribution in [-0.2, 0) is 9.47 Å². The van der Waals surface area contributed by atoms with Crippen LogP contribution in [0.2, 0.25) is 0 Å². The fourth-order valence-corrected chi connectivity index (χ4v) is 3.11. The van der Waals surface area contributed by atoms with Crippen molar-refractivity contribution in [3.63, 3.8) is 0 Å². The molecule has 1 unspecified atom stereocenters. The first kappa shape index (κ1) is 17.0. The summed E-state index contributed by atoms with van der Waals surface area (Å²) in [5.41, 5.74) is -1.20. The van der Waals surface area contributed by atoms with Crippen LogP contribution in [0, 0.1) is 0 Å². The van der Waals surface area contributed by atoms with Crippen LogP contribution in [0.25, 0.3) is 0 Å². The summed E-state index contributed by atoms with van der Waals surface area (Å²) in [6.45, 7) is 9.82. The third kappa shape index (κ3) is 4.33. The highest BCUT2D eigenvalue weighted by Gasteiger charge is 2.45. The SMILES string of the molecule is CC(C)(C)OC(=O)N1C(CSc2cnccn2)COC1(C)C. The smallest absolute Gasteiger partial charge is 0.412 e. The van der Waals surface area contributed by atoms with Gasteiger partial charge in [-0.3, -0.25) is 9.88 Å². The van der Waals surface area contributed by atoms with Crippen molar-refractivity contribution in [2.45, 2.75) is 57.0 Å². The van der Waals surface area contributed by atoms with E-state index in [0.717, 1.165) is 5.03 Å². The van der Waals surface area contributed by atoms with Gasteiger partial charge in [0.2, 0.25) is 0 Å². The summed E-state index contributed by atoms with van der Waals surface area (Å²) in [5, 5.41) is 0.830. The van der Waals surface area contributed by atoms with E-state index < -0.39 is 11.3 Å². The summed E-state index contributed by atoms with van der Waals surface area (Å²) in [7, 11) is 0. The minimum absolute atomic E-state index is 0.0585. The second-order valence-corrected chi connectivity index (χ2v) is 7.66. The molecule has 1 aromatic rings. The Bertz CT molecular complexity index is 517. The van der Waals surface area contributed by atoms with Gasteiger partial charge < -0.3 is 9.47 Å². The van der Waals surface area contributed by atoms with Gasteiger partial charge in [0.25, 0.3) is 0 Å². The molecule has 1 saturated heterocycles. The Morgan fingerprint density at radius 3 is 2.82 bits per heavy atom. The van der Waals surface area contributed by atoms with Crippen molar-refractivity contribution in [2.75, 3.05) is 12.4 Å². The lowest BCUT2D eigenvalue weighted by atomic mass is 10.2.